The molecule has 0 spiro atoms. The molecule has 1 aromatic carbocycles. The average Bonchev–Trinajstić information content (AvgIpc) is 2.54. The number of benzene rings is 1. The van der Waals surface area contributed by atoms with Crippen LogP contribution in [0, 0.1) is 0 Å². The van der Waals surface area contributed by atoms with E-state index in [0.717, 1.165) is 0 Å². The van der Waals surface area contributed by atoms with E-state index in [4.69, 9.17) is 4.74 Å². The van der Waals surface area contributed by atoms with Gasteiger partial charge in [-0.1, -0.05) is 12.7 Å². The van der Waals surface area contributed by atoms with Crippen LogP contribution in [0.25, 0.3) is 0 Å². The molecule has 25 heavy (non-hydrogen) atoms. The maximum atomic E-state index is 12.4. The second-order valence-electron chi connectivity index (χ2n) is 5.21. The van der Waals surface area contributed by atoms with Crippen molar-refractivity contribution in [3.63, 3.8) is 0 Å². The van der Waals surface area contributed by atoms with Crippen LogP contribution in [0.4, 0.5) is 5.69 Å². The Hall–Kier alpha value is -3.15. The van der Waals surface area contributed by atoms with Gasteiger partial charge < -0.3 is 15.4 Å². The number of nitrogens with one attached hydrogen (secondary N) is 2. The average molecular weight is 342 g/mol. The van der Waals surface area contributed by atoms with Crippen molar-refractivity contribution in [1.82, 2.24) is 5.32 Å². The predicted octanol–water partition coefficient (Wildman–Crippen LogP) is 2.99. The first kappa shape index (κ1) is 19.9. The van der Waals surface area contributed by atoms with Gasteiger partial charge in [0, 0.05) is 23.8 Å². The van der Waals surface area contributed by atoms with Gasteiger partial charge >= 0.3 is 0 Å². The molecule has 0 saturated carbocycles. The fourth-order valence-corrected chi connectivity index (χ4v) is 1.98. The smallest absolute Gasteiger partial charge is 0.255 e. The lowest BCUT2D eigenvalue weighted by Crippen LogP contribution is -2.17. The molecule has 0 unspecified atom stereocenters. The molecule has 6 heteroatoms. The lowest BCUT2D eigenvalue weighted by atomic mass is 10.1. The lowest BCUT2D eigenvalue weighted by molar-refractivity contribution is -0.118. The number of amides is 2. The Morgan fingerprint density at radius 2 is 1.84 bits per heavy atom. The van der Waals surface area contributed by atoms with Gasteiger partial charge in [-0.05, 0) is 44.2 Å². The van der Waals surface area contributed by atoms with Crippen molar-refractivity contribution in [2.75, 3.05) is 12.4 Å². The molecule has 0 bridgehead atoms. The number of hydrogen-bond acceptors (Lipinski definition) is 4. The molecule has 0 aromatic heterocycles. The summed E-state index contributed by atoms with van der Waals surface area (Å²) >= 11 is 0. The molecule has 0 radical (unpaired) electrons. The minimum Gasteiger partial charge on any atom is -0.495 e. The molecule has 2 N–H and O–H groups in total. The van der Waals surface area contributed by atoms with Crippen molar-refractivity contribution < 1.29 is 19.1 Å². The van der Waals surface area contributed by atoms with Gasteiger partial charge in [0.15, 0.2) is 5.78 Å². The van der Waals surface area contributed by atoms with Gasteiger partial charge in [-0.2, -0.15) is 0 Å². The van der Waals surface area contributed by atoms with Crippen LogP contribution in [-0.4, -0.2) is 24.7 Å². The third-order valence-corrected chi connectivity index (χ3v) is 3.23. The van der Waals surface area contributed by atoms with Gasteiger partial charge in [0.1, 0.15) is 5.75 Å². The number of carbonyl (C=O) groups excluding carboxylic acids is 3. The molecule has 0 aliphatic carbocycles. The number of ether oxygens (including phenoxy) is 1. The van der Waals surface area contributed by atoms with Crippen LogP contribution in [0.1, 0.15) is 31.1 Å². The molecule has 1 rings (SSSR count). The van der Waals surface area contributed by atoms with Gasteiger partial charge in [0.05, 0.1) is 12.8 Å². The van der Waals surface area contributed by atoms with Crippen molar-refractivity contribution in [1.29, 1.82) is 0 Å². The Bertz CT molecular complexity index is 761. The number of carbonyl (C=O) groups is 3. The molecule has 0 heterocycles. The quantitative estimate of drug-likeness (QED) is 0.453. The summed E-state index contributed by atoms with van der Waals surface area (Å²) in [7, 11) is 1.48. The molecule has 0 fully saturated rings. The summed E-state index contributed by atoms with van der Waals surface area (Å²) in [5, 5.41) is 5.23. The van der Waals surface area contributed by atoms with Crippen LogP contribution in [0.5, 0.6) is 5.75 Å². The Kier molecular flexibility index (Phi) is 7.34. The molecular weight excluding hydrogens is 320 g/mol. The zero-order valence-corrected chi connectivity index (χ0v) is 14.8. The fraction of sp³-hybridized carbons (Fsp3) is 0.211. The Labute approximate surface area is 147 Å². The summed E-state index contributed by atoms with van der Waals surface area (Å²) in [4.78, 5) is 34.9. The van der Waals surface area contributed by atoms with Crippen LogP contribution in [0.15, 0.2) is 54.3 Å². The number of allylic oxidation sites excluding steroid dienone is 2. The van der Waals surface area contributed by atoms with Gasteiger partial charge in [-0.25, -0.2) is 0 Å². The number of anilines is 1. The summed E-state index contributed by atoms with van der Waals surface area (Å²) < 4.78 is 5.21. The first-order chi connectivity index (χ1) is 11.8. The topological polar surface area (TPSA) is 84.5 Å². The molecule has 6 nitrogen and oxygen atoms in total. The highest BCUT2D eigenvalue weighted by atomic mass is 16.5. The Balaban J connectivity index is 2.97. The van der Waals surface area contributed by atoms with E-state index < -0.39 is 0 Å². The second kappa shape index (κ2) is 9.22. The maximum absolute atomic E-state index is 12.4. The molecule has 1 aromatic rings. The zero-order valence-electron chi connectivity index (χ0n) is 14.8. The van der Waals surface area contributed by atoms with Gasteiger partial charge in [0.25, 0.3) is 5.91 Å². The van der Waals surface area contributed by atoms with Crippen LogP contribution in [0.2, 0.25) is 0 Å². The highest BCUT2D eigenvalue weighted by Gasteiger charge is 2.12. The molecule has 0 aliphatic rings. The van der Waals surface area contributed by atoms with Gasteiger partial charge in [0.2, 0.25) is 5.91 Å². The van der Waals surface area contributed by atoms with Crippen molar-refractivity contribution in [2.45, 2.75) is 20.8 Å². The molecule has 0 atom stereocenters. The number of methoxy groups -OCH3 is 1. The number of rotatable bonds is 7. The number of Topliss-reactive ketones (excluding diaryl/α,β-unsaturated/α-hetero) is 1. The van der Waals surface area contributed by atoms with Gasteiger partial charge in [-0.15, -0.1) is 0 Å². The monoisotopic (exact) mass is 342 g/mol. The van der Waals surface area contributed by atoms with Crippen LogP contribution < -0.4 is 15.4 Å². The summed E-state index contributed by atoms with van der Waals surface area (Å²) in [6.07, 6.45) is 4.68. The van der Waals surface area contributed by atoms with E-state index in [0.29, 0.717) is 28.3 Å². The number of ketones is 1. The Morgan fingerprint density at radius 1 is 1.16 bits per heavy atom. The van der Waals surface area contributed by atoms with E-state index in [1.54, 1.807) is 31.2 Å². The van der Waals surface area contributed by atoms with Crippen LogP contribution >= 0.6 is 0 Å². The summed E-state index contributed by atoms with van der Waals surface area (Å²) in [6, 6.07) is 4.81. The van der Waals surface area contributed by atoms with E-state index in [2.05, 4.69) is 17.2 Å². The highest BCUT2D eigenvalue weighted by Crippen LogP contribution is 2.26. The first-order valence-corrected chi connectivity index (χ1v) is 7.59. The van der Waals surface area contributed by atoms with Crippen molar-refractivity contribution in [2.24, 2.45) is 0 Å². The van der Waals surface area contributed by atoms with Crippen molar-refractivity contribution in [3.8, 4) is 5.75 Å². The normalized spacial score (nSPS) is 11.1. The molecular formula is C19H22N2O4. The fourth-order valence-electron chi connectivity index (χ4n) is 1.98. The van der Waals surface area contributed by atoms with Crippen molar-refractivity contribution >= 4 is 23.3 Å². The highest BCUT2D eigenvalue weighted by molar-refractivity contribution is 6.07. The largest absolute Gasteiger partial charge is 0.495 e. The first-order valence-electron chi connectivity index (χ1n) is 7.59. The minimum absolute atomic E-state index is 0.115. The summed E-state index contributed by atoms with van der Waals surface area (Å²) in [6.45, 7) is 8.20. The third kappa shape index (κ3) is 6.10. The van der Waals surface area contributed by atoms with E-state index in [9.17, 15) is 14.4 Å². The van der Waals surface area contributed by atoms with Gasteiger partial charge in [-0.3, -0.25) is 14.4 Å². The van der Waals surface area contributed by atoms with Crippen LogP contribution in [0.3, 0.4) is 0 Å². The molecule has 2 amide bonds. The minimum atomic E-state index is -0.381. The molecule has 0 saturated heterocycles. The summed E-state index contributed by atoms with van der Waals surface area (Å²) in [5.41, 5.74) is 1.60. The summed E-state index contributed by atoms with van der Waals surface area (Å²) in [5.74, 6) is -0.295. The van der Waals surface area contributed by atoms with E-state index in [-0.39, 0.29) is 17.6 Å². The lowest BCUT2D eigenvalue weighted by Gasteiger charge is -2.12. The zero-order chi connectivity index (χ0) is 19.0. The van der Waals surface area contributed by atoms with E-state index >= 15 is 0 Å². The third-order valence-electron chi connectivity index (χ3n) is 3.23. The molecule has 0 aliphatic heterocycles. The second-order valence-corrected chi connectivity index (χ2v) is 5.21. The predicted molar refractivity (Wildman–Crippen MR) is 97.5 cm³/mol. The SMILES string of the molecule is C=C(/C=C\C(=C/C)C(=O)Nc1cc(C(C)=O)ccc1OC)NC(C)=O. The number of hydrogen-bond donors (Lipinski definition) is 2. The van der Waals surface area contributed by atoms with E-state index in [1.165, 1.54) is 33.1 Å². The molecule has 132 valence electrons. The van der Waals surface area contributed by atoms with E-state index in [1.807, 2.05) is 0 Å². The van der Waals surface area contributed by atoms with Crippen LogP contribution in [-0.2, 0) is 9.59 Å². The maximum Gasteiger partial charge on any atom is 0.255 e. The van der Waals surface area contributed by atoms with Crippen molar-refractivity contribution in [3.05, 3.63) is 59.8 Å². The Morgan fingerprint density at radius 3 is 2.36 bits per heavy atom. The standard InChI is InChI=1S/C19H22N2O4/c1-6-15(8-7-12(2)20-14(4)23)19(24)21-17-11-16(13(3)22)9-10-18(17)25-5/h6-11H,2H2,1,3-5H3,(H,20,23)(H,21,24)/b8-7-,15-6+.